The topological polar surface area (TPSA) is 74.2 Å². The Hall–Kier alpha value is -1.68. The van der Waals surface area contributed by atoms with Gasteiger partial charge in [0.25, 0.3) is 0 Å². The predicted octanol–water partition coefficient (Wildman–Crippen LogP) is 2.85. The summed E-state index contributed by atoms with van der Waals surface area (Å²) in [5.41, 5.74) is -0.0187. The Bertz CT molecular complexity index is 702. The molecule has 1 aliphatic carbocycles. The van der Waals surface area contributed by atoms with E-state index in [1.54, 1.807) is 13.0 Å². The fourth-order valence-electron chi connectivity index (χ4n) is 3.31. The number of ether oxygens (including phenoxy) is 1. The first-order valence-corrected chi connectivity index (χ1v) is 8.88. The predicted molar refractivity (Wildman–Crippen MR) is 91.4 cm³/mol. The molecule has 0 spiro atoms. The summed E-state index contributed by atoms with van der Waals surface area (Å²) in [6, 6.07) is 6.23. The Morgan fingerprint density at radius 1 is 1.52 bits per heavy atom. The van der Waals surface area contributed by atoms with E-state index >= 15 is 0 Å². The molecule has 134 valence electrons. The van der Waals surface area contributed by atoms with Crippen molar-refractivity contribution in [1.29, 1.82) is 5.26 Å². The SMILES string of the molecule is CC(N[C@@H]1CCO[C@H]1c1ccc(Cl)c(F)c1)C(=O)NC1(C#N)CCC1. The van der Waals surface area contributed by atoms with Crippen molar-refractivity contribution in [3.63, 3.8) is 0 Å². The highest BCUT2D eigenvalue weighted by Gasteiger charge is 2.40. The summed E-state index contributed by atoms with van der Waals surface area (Å²) in [6.45, 7) is 2.29. The third-order valence-corrected chi connectivity index (χ3v) is 5.31. The molecule has 3 rings (SSSR count). The number of rotatable bonds is 5. The van der Waals surface area contributed by atoms with Crippen molar-refractivity contribution in [2.45, 2.75) is 56.3 Å². The van der Waals surface area contributed by atoms with E-state index in [9.17, 15) is 14.4 Å². The molecule has 2 fully saturated rings. The van der Waals surface area contributed by atoms with Gasteiger partial charge in [-0.1, -0.05) is 17.7 Å². The highest BCUT2D eigenvalue weighted by atomic mass is 35.5. The van der Waals surface area contributed by atoms with Crippen molar-refractivity contribution in [2.75, 3.05) is 6.61 Å². The minimum absolute atomic E-state index is 0.0706. The van der Waals surface area contributed by atoms with Crippen LogP contribution in [0.15, 0.2) is 18.2 Å². The average molecular weight is 366 g/mol. The molecule has 1 unspecified atom stereocenters. The Balaban J connectivity index is 1.63. The monoisotopic (exact) mass is 365 g/mol. The molecule has 3 atom stereocenters. The molecule has 0 aromatic heterocycles. The third-order valence-electron chi connectivity index (χ3n) is 5.00. The maximum absolute atomic E-state index is 13.7. The van der Waals surface area contributed by atoms with E-state index in [4.69, 9.17) is 16.3 Å². The number of benzene rings is 1. The lowest BCUT2D eigenvalue weighted by Gasteiger charge is -2.37. The molecule has 25 heavy (non-hydrogen) atoms. The van der Waals surface area contributed by atoms with Gasteiger partial charge in [0.1, 0.15) is 11.4 Å². The summed E-state index contributed by atoms with van der Waals surface area (Å²) in [6.07, 6.45) is 2.73. The summed E-state index contributed by atoms with van der Waals surface area (Å²) >= 11 is 5.73. The van der Waals surface area contributed by atoms with Gasteiger partial charge in [-0.2, -0.15) is 5.26 Å². The first-order chi connectivity index (χ1) is 11.9. The van der Waals surface area contributed by atoms with Gasteiger partial charge in [-0.3, -0.25) is 4.79 Å². The first-order valence-electron chi connectivity index (χ1n) is 8.50. The Morgan fingerprint density at radius 2 is 2.28 bits per heavy atom. The average Bonchev–Trinajstić information content (AvgIpc) is 3.01. The number of nitriles is 1. The van der Waals surface area contributed by atoms with Gasteiger partial charge in [0.2, 0.25) is 5.91 Å². The summed E-state index contributed by atoms with van der Waals surface area (Å²) in [4.78, 5) is 12.4. The van der Waals surface area contributed by atoms with Crippen LogP contribution in [0.4, 0.5) is 4.39 Å². The van der Waals surface area contributed by atoms with Crippen LogP contribution in [0.25, 0.3) is 0 Å². The fourth-order valence-corrected chi connectivity index (χ4v) is 3.43. The van der Waals surface area contributed by atoms with E-state index in [1.807, 2.05) is 0 Å². The van der Waals surface area contributed by atoms with Gasteiger partial charge < -0.3 is 15.4 Å². The second kappa shape index (κ2) is 7.28. The highest BCUT2D eigenvalue weighted by Crippen LogP contribution is 2.32. The zero-order valence-corrected chi connectivity index (χ0v) is 14.8. The van der Waals surface area contributed by atoms with Gasteiger partial charge in [-0.15, -0.1) is 0 Å². The quantitative estimate of drug-likeness (QED) is 0.841. The molecule has 1 amide bonds. The molecule has 1 saturated heterocycles. The number of carbonyl (C=O) groups excluding carboxylic acids is 1. The van der Waals surface area contributed by atoms with Crippen LogP contribution >= 0.6 is 11.6 Å². The number of carbonyl (C=O) groups is 1. The number of amides is 1. The third kappa shape index (κ3) is 3.79. The van der Waals surface area contributed by atoms with Crippen molar-refractivity contribution in [3.05, 3.63) is 34.6 Å². The summed E-state index contributed by atoms with van der Waals surface area (Å²) in [7, 11) is 0. The highest BCUT2D eigenvalue weighted by molar-refractivity contribution is 6.30. The van der Waals surface area contributed by atoms with Gasteiger partial charge >= 0.3 is 0 Å². The molecular weight excluding hydrogens is 345 g/mol. The molecule has 2 aliphatic rings. The van der Waals surface area contributed by atoms with E-state index in [0.717, 1.165) is 12.8 Å². The normalized spacial score (nSPS) is 25.7. The minimum Gasteiger partial charge on any atom is -0.372 e. The van der Waals surface area contributed by atoms with Crippen LogP contribution in [-0.4, -0.2) is 30.1 Å². The fraction of sp³-hybridized carbons (Fsp3) is 0.556. The number of hydrogen-bond donors (Lipinski definition) is 2. The van der Waals surface area contributed by atoms with Crippen molar-refractivity contribution in [1.82, 2.24) is 10.6 Å². The smallest absolute Gasteiger partial charge is 0.238 e. The Labute approximate surface area is 151 Å². The number of nitrogens with one attached hydrogen (secondary N) is 2. The van der Waals surface area contributed by atoms with Crippen LogP contribution in [0, 0.1) is 17.1 Å². The van der Waals surface area contributed by atoms with Crippen molar-refractivity contribution >= 4 is 17.5 Å². The molecular formula is C18H21ClFN3O2. The van der Waals surface area contributed by atoms with Crippen molar-refractivity contribution in [3.8, 4) is 6.07 Å². The van der Waals surface area contributed by atoms with Gasteiger partial charge in [-0.25, -0.2) is 4.39 Å². The lowest BCUT2D eigenvalue weighted by molar-refractivity contribution is -0.125. The molecule has 2 N–H and O–H groups in total. The van der Waals surface area contributed by atoms with E-state index in [2.05, 4.69) is 16.7 Å². The van der Waals surface area contributed by atoms with Gasteiger partial charge in [0, 0.05) is 12.6 Å². The summed E-state index contributed by atoms with van der Waals surface area (Å²) < 4.78 is 19.4. The molecule has 1 aromatic rings. The van der Waals surface area contributed by atoms with Crippen LogP contribution in [-0.2, 0) is 9.53 Å². The van der Waals surface area contributed by atoms with E-state index < -0.39 is 17.4 Å². The first kappa shape index (κ1) is 18.1. The van der Waals surface area contributed by atoms with E-state index in [1.165, 1.54) is 12.1 Å². The second-order valence-electron chi connectivity index (χ2n) is 6.79. The zero-order chi connectivity index (χ0) is 18.0. The van der Waals surface area contributed by atoms with Crippen LogP contribution in [0.1, 0.15) is 44.3 Å². The number of nitrogens with zero attached hydrogens (tertiary/aromatic N) is 1. The van der Waals surface area contributed by atoms with Gasteiger partial charge in [-0.05, 0) is 50.3 Å². The van der Waals surface area contributed by atoms with E-state index in [0.29, 0.717) is 25.0 Å². The molecule has 1 aliphatic heterocycles. The lowest BCUT2D eigenvalue weighted by atomic mass is 9.78. The number of hydrogen-bond acceptors (Lipinski definition) is 4. The van der Waals surface area contributed by atoms with Crippen LogP contribution in [0.3, 0.4) is 0 Å². The standard InChI is InChI=1S/C18H21ClFN3O2/c1-11(17(24)23-18(10-21)6-2-7-18)22-15-5-8-25-16(15)12-3-4-13(19)14(20)9-12/h3-4,9,11,15-16,22H,2,5-8H2,1H3,(H,23,24)/t11?,15-,16+/m1/s1. The largest absolute Gasteiger partial charge is 0.372 e. The maximum Gasteiger partial charge on any atom is 0.238 e. The summed E-state index contributed by atoms with van der Waals surface area (Å²) in [5, 5.41) is 15.4. The summed E-state index contributed by atoms with van der Waals surface area (Å²) in [5.74, 6) is -0.686. The Kier molecular flexibility index (Phi) is 5.28. The minimum atomic E-state index is -0.710. The lowest BCUT2D eigenvalue weighted by Crippen LogP contribution is -2.57. The van der Waals surface area contributed by atoms with E-state index in [-0.39, 0.29) is 23.1 Å². The van der Waals surface area contributed by atoms with Crippen LogP contribution in [0.2, 0.25) is 5.02 Å². The maximum atomic E-state index is 13.7. The molecule has 1 saturated carbocycles. The molecule has 0 bridgehead atoms. The molecule has 1 heterocycles. The molecule has 5 nitrogen and oxygen atoms in total. The zero-order valence-electron chi connectivity index (χ0n) is 14.0. The van der Waals surface area contributed by atoms with Gasteiger partial charge in [0.15, 0.2) is 0 Å². The van der Waals surface area contributed by atoms with Crippen LogP contribution in [0.5, 0.6) is 0 Å². The second-order valence-corrected chi connectivity index (χ2v) is 7.19. The van der Waals surface area contributed by atoms with Crippen molar-refractivity contribution in [2.24, 2.45) is 0 Å². The van der Waals surface area contributed by atoms with Gasteiger partial charge in [0.05, 0.1) is 23.2 Å². The molecule has 7 heteroatoms. The molecule has 1 aromatic carbocycles. The Morgan fingerprint density at radius 3 is 2.88 bits per heavy atom. The molecule has 0 radical (unpaired) electrons. The van der Waals surface area contributed by atoms with Crippen molar-refractivity contribution < 1.29 is 13.9 Å². The van der Waals surface area contributed by atoms with Crippen LogP contribution < -0.4 is 10.6 Å². The number of halogens is 2.